The molecule has 5 nitrogen and oxygen atoms in total. The molecule has 0 aliphatic carbocycles. The Morgan fingerprint density at radius 1 is 1.18 bits per heavy atom. The summed E-state index contributed by atoms with van der Waals surface area (Å²) in [6.45, 7) is 8.39. The minimum absolute atomic E-state index is 0.160. The summed E-state index contributed by atoms with van der Waals surface area (Å²) in [5, 5.41) is 3.42. The Kier molecular flexibility index (Phi) is 7.72. The Balaban J connectivity index is 1.99. The van der Waals surface area contributed by atoms with Crippen LogP contribution in [-0.4, -0.2) is 89.6 Å². The van der Waals surface area contributed by atoms with Crippen LogP contribution in [0.15, 0.2) is 0 Å². The Morgan fingerprint density at radius 2 is 1.88 bits per heavy atom. The van der Waals surface area contributed by atoms with Crippen LogP contribution in [0.2, 0.25) is 0 Å². The number of hydrogen-bond acceptors (Lipinski definition) is 5. The van der Waals surface area contributed by atoms with Crippen molar-refractivity contribution in [3.63, 3.8) is 0 Å². The van der Waals surface area contributed by atoms with Crippen molar-refractivity contribution in [2.24, 2.45) is 0 Å². The van der Waals surface area contributed by atoms with Gasteiger partial charge in [-0.3, -0.25) is 4.90 Å². The largest absolute Gasteiger partial charge is 0.382 e. The lowest BCUT2D eigenvalue weighted by molar-refractivity contribution is 0.0285. The number of nitrogens with zero attached hydrogens (tertiary/aromatic N) is 2. The molecule has 0 aromatic rings. The van der Waals surface area contributed by atoms with Crippen LogP contribution in [0.3, 0.4) is 0 Å². The molecule has 1 atom stereocenters. The molecule has 1 saturated heterocycles. The highest BCUT2D eigenvalue weighted by atomic mass is 16.5. The second kappa shape index (κ2) is 8.83. The fourth-order valence-corrected chi connectivity index (χ4v) is 1.97. The summed E-state index contributed by atoms with van der Waals surface area (Å²) in [6, 6.07) is 0. The second-order valence-electron chi connectivity index (χ2n) is 4.66. The van der Waals surface area contributed by atoms with Crippen molar-refractivity contribution in [2.75, 3.05) is 73.7 Å². The van der Waals surface area contributed by atoms with Crippen molar-refractivity contribution < 1.29 is 9.47 Å². The van der Waals surface area contributed by atoms with Gasteiger partial charge in [0.15, 0.2) is 0 Å². The van der Waals surface area contributed by atoms with Crippen molar-refractivity contribution in [1.29, 1.82) is 0 Å². The predicted octanol–water partition coefficient (Wildman–Crippen LogP) is -0.515. The molecule has 0 bridgehead atoms. The molecule has 5 heteroatoms. The van der Waals surface area contributed by atoms with Gasteiger partial charge in [0, 0.05) is 60.0 Å². The van der Waals surface area contributed by atoms with Gasteiger partial charge in [0.2, 0.25) is 0 Å². The first-order valence-electron chi connectivity index (χ1n) is 6.39. The van der Waals surface area contributed by atoms with Gasteiger partial charge in [-0.25, -0.2) is 0 Å². The fourth-order valence-electron chi connectivity index (χ4n) is 1.97. The van der Waals surface area contributed by atoms with Crippen LogP contribution in [0.5, 0.6) is 0 Å². The van der Waals surface area contributed by atoms with Crippen LogP contribution in [0.25, 0.3) is 0 Å². The first kappa shape index (κ1) is 14.9. The number of methoxy groups -OCH3 is 2. The number of likely N-dealkylation sites (N-methyl/N-ethyl adjacent to an activating group) is 1. The molecule has 1 fully saturated rings. The Morgan fingerprint density at radius 3 is 2.47 bits per heavy atom. The lowest BCUT2D eigenvalue weighted by Gasteiger charge is -2.32. The molecular formula is C12H27N3O2. The Labute approximate surface area is 105 Å². The molecule has 1 unspecified atom stereocenters. The summed E-state index contributed by atoms with van der Waals surface area (Å²) in [7, 11) is 5.62. The van der Waals surface area contributed by atoms with E-state index in [0.717, 1.165) is 19.6 Å². The minimum Gasteiger partial charge on any atom is -0.382 e. The van der Waals surface area contributed by atoms with Gasteiger partial charge in [-0.15, -0.1) is 0 Å². The topological polar surface area (TPSA) is 37.0 Å². The van der Waals surface area contributed by atoms with Crippen LogP contribution in [0, 0.1) is 0 Å². The van der Waals surface area contributed by atoms with E-state index in [4.69, 9.17) is 9.47 Å². The van der Waals surface area contributed by atoms with Crippen molar-refractivity contribution in [2.45, 2.75) is 6.10 Å². The molecule has 1 heterocycles. The Bertz CT molecular complexity index is 185. The molecule has 0 spiro atoms. The fraction of sp³-hybridized carbons (Fsp3) is 1.00. The van der Waals surface area contributed by atoms with Crippen LogP contribution in [0.1, 0.15) is 0 Å². The molecule has 0 aromatic carbocycles. The molecule has 0 radical (unpaired) electrons. The second-order valence-corrected chi connectivity index (χ2v) is 4.66. The summed E-state index contributed by atoms with van der Waals surface area (Å²) in [5.41, 5.74) is 0. The van der Waals surface area contributed by atoms with E-state index in [2.05, 4.69) is 22.2 Å². The summed E-state index contributed by atoms with van der Waals surface area (Å²) in [5.74, 6) is 0. The first-order chi connectivity index (χ1) is 8.26. The van der Waals surface area contributed by atoms with E-state index in [9.17, 15) is 0 Å². The molecule has 1 aliphatic rings. The molecular weight excluding hydrogens is 218 g/mol. The van der Waals surface area contributed by atoms with Crippen molar-refractivity contribution in [3.05, 3.63) is 0 Å². The molecule has 1 N–H and O–H groups in total. The predicted molar refractivity (Wildman–Crippen MR) is 69.5 cm³/mol. The van der Waals surface area contributed by atoms with E-state index in [-0.39, 0.29) is 6.10 Å². The van der Waals surface area contributed by atoms with E-state index < -0.39 is 0 Å². The highest BCUT2D eigenvalue weighted by Gasteiger charge is 2.13. The molecule has 1 aliphatic heterocycles. The summed E-state index contributed by atoms with van der Waals surface area (Å²) >= 11 is 0. The highest BCUT2D eigenvalue weighted by molar-refractivity contribution is 4.70. The normalized spacial score (nSPS) is 20.6. The van der Waals surface area contributed by atoms with E-state index >= 15 is 0 Å². The summed E-state index contributed by atoms with van der Waals surface area (Å²) < 4.78 is 10.4. The SMILES string of the molecule is COCC(CNCCN1CCN(C)CC1)OC. The number of nitrogens with one attached hydrogen (secondary N) is 1. The lowest BCUT2D eigenvalue weighted by atomic mass is 10.3. The zero-order chi connectivity index (χ0) is 12.5. The van der Waals surface area contributed by atoms with Crippen LogP contribution >= 0.6 is 0 Å². The third kappa shape index (κ3) is 6.33. The highest BCUT2D eigenvalue weighted by Crippen LogP contribution is 1.97. The minimum atomic E-state index is 0.160. The van der Waals surface area contributed by atoms with E-state index in [1.54, 1.807) is 14.2 Å². The number of piperazine rings is 1. The molecule has 0 aromatic heterocycles. The van der Waals surface area contributed by atoms with Crippen molar-refractivity contribution in [1.82, 2.24) is 15.1 Å². The van der Waals surface area contributed by atoms with E-state index in [0.29, 0.717) is 6.61 Å². The number of ether oxygens (including phenoxy) is 2. The van der Waals surface area contributed by atoms with Gasteiger partial charge >= 0.3 is 0 Å². The third-order valence-electron chi connectivity index (χ3n) is 3.26. The monoisotopic (exact) mass is 245 g/mol. The van der Waals surface area contributed by atoms with E-state index in [1.807, 2.05) is 0 Å². The van der Waals surface area contributed by atoms with E-state index in [1.165, 1.54) is 26.2 Å². The van der Waals surface area contributed by atoms with Crippen LogP contribution < -0.4 is 5.32 Å². The maximum atomic E-state index is 5.29. The zero-order valence-corrected chi connectivity index (χ0v) is 11.4. The number of hydrogen-bond donors (Lipinski definition) is 1. The first-order valence-corrected chi connectivity index (χ1v) is 6.39. The zero-order valence-electron chi connectivity index (χ0n) is 11.4. The van der Waals surface area contributed by atoms with Gasteiger partial charge in [0.05, 0.1) is 12.7 Å². The van der Waals surface area contributed by atoms with Gasteiger partial charge in [0.1, 0.15) is 0 Å². The van der Waals surface area contributed by atoms with Crippen LogP contribution in [-0.2, 0) is 9.47 Å². The smallest absolute Gasteiger partial charge is 0.0928 e. The van der Waals surface area contributed by atoms with Crippen molar-refractivity contribution in [3.8, 4) is 0 Å². The van der Waals surface area contributed by atoms with Gasteiger partial charge in [-0.05, 0) is 7.05 Å². The van der Waals surface area contributed by atoms with Crippen molar-refractivity contribution >= 4 is 0 Å². The lowest BCUT2D eigenvalue weighted by Crippen LogP contribution is -2.47. The molecule has 1 rings (SSSR count). The van der Waals surface area contributed by atoms with Gasteiger partial charge in [0.25, 0.3) is 0 Å². The summed E-state index contributed by atoms with van der Waals surface area (Å²) in [4.78, 5) is 4.88. The maximum Gasteiger partial charge on any atom is 0.0928 e. The van der Waals surface area contributed by atoms with Gasteiger partial charge in [-0.2, -0.15) is 0 Å². The maximum absolute atomic E-state index is 5.29. The van der Waals surface area contributed by atoms with Crippen LogP contribution in [0.4, 0.5) is 0 Å². The average molecular weight is 245 g/mol. The molecule has 0 saturated carbocycles. The molecule has 0 amide bonds. The average Bonchev–Trinajstić information content (AvgIpc) is 2.35. The number of rotatable bonds is 8. The Hall–Kier alpha value is -0.200. The standard InChI is InChI=1S/C12H27N3O2/c1-14-6-8-15(9-7-14)5-4-13-10-12(17-3)11-16-2/h12-13H,4-11H2,1-3H3. The quantitative estimate of drug-likeness (QED) is 0.583. The van der Waals surface area contributed by atoms with Gasteiger partial charge < -0.3 is 19.7 Å². The third-order valence-corrected chi connectivity index (χ3v) is 3.26. The van der Waals surface area contributed by atoms with Gasteiger partial charge in [-0.1, -0.05) is 0 Å². The summed E-state index contributed by atoms with van der Waals surface area (Å²) in [6.07, 6.45) is 0.160. The molecule has 102 valence electrons. The molecule has 17 heavy (non-hydrogen) atoms.